The first-order valence-electron chi connectivity index (χ1n) is 13.2. The monoisotopic (exact) mass is 550 g/mol. The molecule has 0 atom stereocenters. The molecule has 3 heterocycles. The second-order valence-electron chi connectivity index (χ2n) is 9.48. The van der Waals surface area contributed by atoms with Gasteiger partial charge >= 0.3 is 0 Å². The van der Waals surface area contributed by atoms with Crippen LogP contribution in [-0.4, -0.2) is 52.2 Å². The second kappa shape index (κ2) is 11.7. The molecule has 1 N–H and O–H groups in total. The van der Waals surface area contributed by atoms with Crippen LogP contribution < -0.4 is 15.1 Å². The van der Waals surface area contributed by atoms with E-state index in [4.69, 9.17) is 9.47 Å². The molecule has 5 aromatic rings. The first-order valence-corrected chi connectivity index (χ1v) is 13.2. The minimum atomic E-state index is -0.498. The summed E-state index contributed by atoms with van der Waals surface area (Å²) >= 11 is 0. The third kappa shape index (κ3) is 5.69. The number of ether oxygens (including phenoxy) is 2. The second-order valence-corrected chi connectivity index (χ2v) is 9.48. The predicted octanol–water partition coefficient (Wildman–Crippen LogP) is 5.90. The molecule has 9 nitrogen and oxygen atoms in total. The van der Waals surface area contributed by atoms with Crippen molar-refractivity contribution in [3.05, 3.63) is 108 Å². The van der Waals surface area contributed by atoms with Crippen molar-refractivity contribution >= 4 is 34.0 Å². The minimum Gasteiger partial charge on any atom is -0.457 e. The molecular formula is C31H27FN6O3. The van der Waals surface area contributed by atoms with Crippen LogP contribution in [0.25, 0.3) is 10.9 Å². The Morgan fingerprint density at radius 1 is 1.02 bits per heavy atom. The lowest BCUT2D eigenvalue weighted by atomic mass is 10.1. The van der Waals surface area contributed by atoms with Gasteiger partial charge in [0, 0.05) is 30.2 Å². The molecule has 0 bridgehead atoms. The lowest BCUT2D eigenvalue weighted by molar-refractivity contribution is 0.0376. The van der Waals surface area contributed by atoms with Crippen LogP contribution in [0.5, 0.6) is 11.5 Å². The van der Waals surface area contributed by atoms with Crippen molar-refractivity contribution in [1.82, 2.24) is 20.0 Å². The number of amides is 1. The standard InChI is InChI=1S/C31H27FN6O3/c1-21-17-23(38(37-13-15-40-16-14-37)30-25-11-12-33-19-28(25)34-20-35-30)9-10-29(21)41-24-6-4-5-22(18-24)31(39)36-27-8-3-2-7-26(27)32/h2-12,17-20H,13-16H2,1H3,(H,36,39). The first-order chi connectivity index (χ1) is 20.1. The number of pyridine rings is 1. The van der Waals surface area contributed by atoms with Gasteiger partial charge in [0.2, 0.25) is 0 Å². The summed E-state index contributed by atoms with van der Waals surface area (Å²) in [5.41, 5.74) is 3.02. The van der Waals surface area contributed by atoms with Gasteiger partial charge in [-0.2, -0.15) is 0 Å². The van der Waals surface area contributed by atoms with E-state index in [9.17, 15) is 9.18 Å². The maximum Gasteiger partial charge on any atom is 0.255 e. The minimum absolute atomic E-state index is 0.118. The Labute approximate surface area is 236 Å². The molecule has 1 aliphatic heterocycles. The lowest BCUT2D eigenvalue weighted by Gasteiger charge is -2.38. The molecule has 3 aromatic carbocycles. The van der Waals surface area contributed by atoms with Crippen LogP contribution >= 0.6 is 0 Å². The number of hydrogen-bond donors (Lipinski definition) is 1. The van der Waals surface area contributed by atoms with Crippen molar-refractivity contribution in [3.63, 3.8) is 0 Å². The Kier molecular flexibility index (Phi) is 7.48. The number of morpholine rings is 1. The van der Waals surface area contributed by atoms with Crippen molar-refractivity contribution in [2.45, 2.75) is 6.92 Å². The Hall–Kier alpha value is -4.93. The van der Waals surface area contributed by atoms with Gasteiger partial charge in [0.25, 0.3) is 5.91 Å². The summed E-state index contributed by atoms with van der Waals surface area (Å²) in [7, 11) is 0. The quantitative estimate of drug-likeness (QED) is 0.268. The summed E-state index contributed by atoms with van der Waals surface area (Å²) in [6.45, 7) is 4.60. The maximum absolute atomic E-state index is 14.0. The van der Waals surface area contributed by atoms with Gasteiger partial charge in [0.05, 0.1) is 36.3 Å². The first kappa shape index (κ1) is 26.3. The molecule has 2 aromatic heterocycles. The molecule has 10 heteroatoms. The van der Waals surface area contributed by atoms with E-state index in [1.807, 2.05) is 31.2 Å². The third-order valence-corrected chi connectivity index (χ3v) is 6.74. The zero-order valence-corrected chi connectivity index (χ0v) is 22.3. The number of aromatic nitrogens is 3. The molecule has 0 aliphatic carbocycles. The normalized spacial score (nSPS) is 13.6. The zero-order valence-electron chi connectivity index (χ0n) is 22.3. The van der Waals surface area contributed by atoms with Crippen molar-refractivity contribution in [1.29, 1.82) is 0 Å². The number of aryl methyl sites for hydroxylation is 1. The summed E-state index contributed by atoms with van der Waals surface area (Å²) in [5.74, 6) is 0.948. The average molecular weight is 551 g/mol. The van der Waals surface area contributed by atoms with Gasteiger partial charge in [-0.15, -0.1) is 0 Å². The fourth-order valence-electron chi connectivity index (χ4n) is 4.70. The van der Waals surface area contributed by atoms with E-state index in [0.29, 0.717) is 43.4 Å². The number of hydrazine groups is 1. The van der Waals surface area contributed by atoms with Crippen LogP contribution in [0.3, 0.4) is 0 Å². The van der Waals surface area contributed by atoms with E-state index < -0.39 is 11.7 Å². The average Bonchev–Trinajstić information content (AvgIpc) is 3.00. The number of nitrogens with zero attached hydrogens (tertiary/aromatic N) is 5. The van der Waals surface area contributed by atoms with E-state index in [1.54, 1.807) is 55.1 Å². The summed E-state index contributed by atoms with van der Waals surface area (Å²) in [6, 6.07) is 20.6. The van der Waals surface area contributed by atoms with Gasteiger partial charge in [-0.3, -0.25) is 14.8 Å². The molecule has 1 amide bonds. The van der Waals surface area contributed by atoms with E-state index >= 15 is 0 Å². The van der Waals surface area contributed by atoms with Crippen LogP contribution in [0.1, 0.15) is 15.9 Å². The van der Waals surface area contributed by atoms with Gasteiger partial charge in [0.1, 0.15) is 23.6 Å². The number of fused-ring (bicyclic) bond motifs is 1. The number of carbonyl (C=O) groups is 1. The zero-order chi connectivity index (χ0) is 28.2. The molecule has 1 fully saturated rings. The highest BCUT2D eigenvalue weighted by Gasteiger charge is 2.24. The fourth-order valence-corrected chi connectivity index (χ4v) is 4.70. The molecule has 6 rings (SSSR count). The molecule has 0 saturated carbocycles. The molecule has 0 radical (unpaired) electrons. The van der Waals surface area contributed by atoms with E-state index in [1.165, 1.54) is 12.1 Å². The van der Waals surface area contributed by atoms with Crippen LogP contribution in [0, 0.1) is 12.7 Å². The largest absolute Gasteiger partial charge is 0.457 e. The van der Waals surface area contributed by atoms with Crippen LogP contribution in [0.15, 0.2) is 91.5 Å². The van der Waals surface area contributed by atoms with E-state index in [-0.39, 0.29) is 5.69 Å². The van der Waals surface area contributed by atoms with Crippen molar-refractivity contribution < 1.29 is 18.7 Å². The molecule has 0 spiro atoms. The van der Waals surface area contributed by atoms with Crippen molar-refractivity contribution in [3.8, 4) is 11.5 Å². The number of nitrogens with one attached hydrogen (secondary N) is 1. The number of halogens is 1. The Morgan fingerprint density at radius 3 is 2.71 bits per heavy atom. The van der Waals surface area contributed by atoms with Crippen LogP contribution in [0.4, 0.5) is 21.6 Å². The van der Waals surface area contributed by atoms with E-state index in [0.717, 1.165) is 28.0 Å². The van der Waals surface area contributed by atoms with Crippen LogP contribution in [0.2, 0.25) is 0 Å². The summed E-state index contributed by atoms with van der Waals surface area (Å²) in [4.78, 5) is 26.0. The smallest absolute Gasteiger partial charge is 0.255 e. The SMILES string of the molecule is Cc1cc(N(c2ncnc3cnccc23)N2CCOCC2)ccc1Oc1cccc(C(=O)Nc2ccccc2F)c1. The Bertz CT molecular complexity index is 1700. The molecule has 1 saturated heterocycles. The molecule has 0 unspecified atom stereocenters. The highest BCUT2D eigenvalue weighted by molar-refractivity contribution is 6.04. The molecule has 41 heavy (non-hydrogen) atoms. The summed E-state index contributed by atoms with van der Waals surface area (Å²) < 4.78 is 25.8. The highest BCUT2D eigenvalue weighted by atomic mass is 19.1. The number of benzene rings is 3. The summed E-state index contributed by atoms with van der Waals surface area (Å²) in [5, 5.41) is 7.79. The Morgan fingerprint density at radius 2 is 1.88 bits per heavy atom. The predicted molar refractivity (Wildman–Crippen MR) is 154 cm³/mol. The number of hydrogen-bond acceptors (Lipinski definition) is 8. The summed E-state index contributed by atoms with van der Waals surface area (Å²) in [6.07, 6.45) is 5.01. The molecule has 1 aliphatic rings. The molecule has 206 valence electrons. The van der Waals surface area contributed by atoms with Crippen LogP contribution in [-0.2, 0) is 4.74 Å². The highest BCUT2D eigenvalue weighted by Crippen LogP contribution is 2.35. The van der Waals surface area contributed by atoms with Gasteiger partial charge in [0.15, 0.2) is 5.82 Å². The third-order valence-electron chi connectivity index (χ3n) is 6.74. The topological polar surface area (TPSA) is 92.7 Å². The number of rotatable bonds is 7. The van der Waals surface area contributed by atoms with Gasteiger partial charge in [-0.25, -0.2) is 19.4 Å². The van der Waals surface area contributed by atoms with Gasteiger partial charge in [-0.1, -0.05) is 18.2 Å². The number of anilines is 3. The number of carbonyl (C=O) groups excluding carboxylic acids is 1. The van der Waals surface area contributed by atoms with Crippen molar-refractivity contribution in [2.24, 2.45) is 0 Å². The molecular weight excluding hydrogens is 523 g/mol. The van der Waals surface area contributed by atoms with Gasteiger partial charge in [-0.05, 0) is 67.1 Å². The number of para-hydroxylation sites is 1. The maximum atomic E-state index is 14.0. The van der Waals surface area contributed by atoms with Gasteiger partial charge < -0.3 is 14.8 Å². The lowest BCUT2D eigenvalue weighted by Crippen LogP contribution is -2.47. The van der Waals surface area contributed by atoms with E-state index in [2.05, 4.69) is 30.3 Å². The Balaban J connectivity index is 1.27. The van der Waals surface area contributed by atoms with Crippen molar-refractivity contribution in [2.75, 3.05) is 36.6 Å². The fraction of sp³-hybridized carbons (Fsp3) is 0.161.